The molecule has 1 aromatic rings. The van der Waals surface area contributed by atoms with Gasteiger partial charge in [-0.05, 0) is 43.0 Å². The highest BCUT2D eigenvalue weighted by atomic mass is 19.4. The molecule has 8 heteroatoms. The van der Waals surface area contributed by atoms with Crippen LogP contribution in [-0.2, 0) is 22.1 Å². The predicted octanol–water partition coefficient (Wildman–Crippen LogP) is 3.85. The van der Waals surface area contributed by atoms with Gasteiger partial charge < -0.3 is 9.84 Å². The number of carbonyl (C=O) groups is 2. The second-order valence-electron chi connectivity index (χ2n) is 5.57. The Morgan fingerprint density at radius 3 is 2.67 bits per heavy atom. The van der Waals surface area contributed by atoms with E-state index in [1.165, 1.54) is 11.0 Å². The fourth-order valence-corrected chi connectivity index (χ4v) is 2.77. The zero-order chi connectivity index (χ0) is 17.9. The maximum Gasteiger partial charge on any atom is 0.416 e. The van der Waals surface area contributed by atoms with E-state index in [0.29, 0.717) is 30.5 Å². The summed E-state index contributed by atoms with van der Waals surface area (Å²) in [6, 6.07) is 3.08. The van der Waals surface area contributed by atoms with Crippen LogP contribution in [-0.4, -0.2) is 29.8 Å². The molecule has 1 atom stereocenters. The Morgan fingerprint density at radius 1 is 1.38 bits per heavy atom. The van der Waals surface area contributed by atoms with E-state index in [0.717, 1.165) is 12.1 Å². The first-order valence-electron chi connectivity index (χ1n) is 7.62. The quantitative estimate of drug-likeness (QED) is 0.900. The zero-order valence-corrected chi connectivity index (χ0v) is 13.1. The molecule has 0 saturated carbocycles. The van der Waals surface area contributed by atoms with Gasteiger partial charge in [-0.1, -0.05) is 6.92 Å². The SMILES string of the molecule is CCC1CCc2cc(C(F)(F)F)ccc2N1C(=O)OCCC(=O)O. The highest BCUT2D eigenvalue weighted by Crippen LogP contribution is 2.37. The van der Waals surface area contributed by atoms with E-state index >= 15 is 0 Å². The van der Waals surface area contributed by atoms with Gasteiger partial charge in [-0.15, -0.1) is 0 Å². The summed E-state index contributed by atoms with van der Waals surface area (Å²) in [6.45, 7) is 1.59. The molecule has 24 heavy (non-hydrogen) atoms. The van der Waals surface area contributed by atoms with E-state index in [1.54, 1.807) is 0 Å². The van der Waals surface area contributed by atoms with Gasteiger partial charge >= 0.3 is 18.2 Å². The van der Waals surface area contributed by atoms with Crippen LogP contribution in [0.2, 0.25) is 0 Å². The molecule has 132 valence electrons. The molecular weight excluding hydrogens is 327 g/mol. The molecule has 0 radical (unpaired) electrons. The first-order valence-corrected chi connectivity index (χ1v) is 7.62. The molecule has 1 aliphatic rings. The summed E-state index contributed by atoms with van der Waals surface area (Å²) >= 11 is 0. The van der Waals surface area contributed by atoms with Crippen LogP contribution in [0.5, 0.6) is 0 Å². The lowest BCUT2D eigenvalue weighted by Crippen LogP contribution is -2.44. The molecule has 5 nitrogen and oxygen atoms in total. The van der Waals surface area contributed by atoms with Gasteiger partial charge in [0, 0.05) is 6.04 Å². The van der Waals surface area contributed by atoms with E-state index in [-0.39, 0.29) is 19.1 Å². The normalized spacial score (nSPS) is 17.3. The lowest BCUT2D eigenvalue weighted by Gasteiger charge is -2.36. The average molecular weight is 345 g/mol. The third kappa shape index (κ3) is 3.98. The van der Waals surface area contributed by atoms with Gasteiger partial charge in [0.15, 0.2) is 0 Å². The van der Waals surface area contributed by atoms with Crippen molar-refractivity contribution in [1.29, 1.82) is 0 Å². The van der Waals surface area contributed by atoms with E-state index in [1.807, 2.05) is 6.92 Å². The first kappa shape index (κ1) is 18.1. The monoisotopic (exact) mass is 345 g/mol. The highest BCUT2D eigenvalue weighted by Gasteiger charge is 2.35. The van der Waals surface area contributed by atoms with E-state index in [4.69, 9.17) is 9.84 Å². The number of amides is 1. The van der Waals surface area contributed by atoms with Crippen LogP contribution in [0.4, 0.5) is 23.7 Å². The minimum atomic E-state index is -4.44. The molecule has 0 saturated heterocycles. The predicted molar refractivity (Wildman–Crippen MR) is 79.9 cm³/mol. The van der Waals surface area contributed by atoms with Gasteiger partial charge in [0.25, 0.3) is 0 Å². The molecule has 1 heterocycles. The van der Waals surface area contributed by atoms with Crippen LogP contribution in [0.1, 0.15) is 37.3 Å². The summed E-state index contributed by atoms with van der Waals surface area (Å²) in [5.74, 6) is -1.09. The minimum Gasteiger partial charge on any atom is -0.481 e. The summed E-state index contributed by atoms with van der Waals surface area (Å²) in [5.41, 5.74) is 0.0709. The van der Waals surface area contributed by atoms with Gasteiger partial charge in [-0.2, -0.15) is 13.2 Å². The summed E-state index contributed by atoms with van der Waals surface area (Å²) in [4.78, 5) is 24.1. The van der Waals surface area contributed by atoms with Crippen molar-refractivity contribution in [2.24, 2.45) is 0 Å². The lowest BCUT2D eigenvalue weighted by molar-refractivity contribution is -0.138. The summed E-state index contributed by atoms with van der Waals surface area (Å²) in [7, 11) is 0. The molecule has 1 aliphatic heterocycles. The van der Waals surface area contributed by atoms with Crippen molar-refractivity contribution >= 4 is 17.7 Å². The third-order valence-corrected chi connectivity index (χ3v) is 3.99. The maximum absolute atomic E-state index is 12.8. The topological polar surface area (TPSA) is 66.8 Å². The summed E-state index contributed by atoms with van der Waals surface area (Å²) in [6.07, 6.45) is -3.91. The first-order chi connectivity index (χ1) is 11.2. The van der Waals surface area contributed by atoms with Gasteiger partial charge in [0.2, 0.25) is 0 Å². The van der Waals surface area contributed by atoms with Crippen molar-refractivity contribution < 1.29 is 32.6 Å². The number of aliphatic carboxylic acids is 1. The number of nitrogens with zero attached hydrogens (tertiary/aromatic N) is 1. The Bertz CT molecular complexity index is 630. The van der Waals surface area contributed by atoms with E-state index in [2.05, 4.69) is 0 Å². The number of benzene rings is 1. The van der Waals surface area contributed by atoms with Crippen LogP contribution >= 0.6 is 0 Å². The standard InChI is InChI=1S/C16H18F3NO4/c1-2-12-5-3-10-9-11(16(17,18)19)4-6-13(10)20(12)15(23)24-8-7-14(21)22/h4,6,9,12H,2-3,5,7-8H2,1H3,(H,21,22). The molecule has 0 aromatic heterocycles. The number of alkyl halides is 3. The maximum atomic E-state index is 12.8. The molecule has 1 unspecified atom stereocenters. The average Bonchev–Trinajstić information content (AvgIpc) is 2.51. The molecule has 0 spiro atoms. The molecular formula is C16H18F3NO4. The van der Waals surface area contributed by atoms with Gasteiger partial charge in [0.1, 0.15) is 6.61 Å². The van der Waals surface area contributed by atoms with Crippen LogP contribution in [0.25, 0.3) is 0 Å². The second-order valence-corrected chi connectivity index (χ2v) is 5.57. The van der Waals surface area contributed by atoms with Crippen molar-refractivity contribution in [3.8, 4) is 0 Å². The number of ether oxygens (including phenoxy) is 1. The summed E-state index contributed by atoms with van der Waals surface area (Å²) in [5, 5.41) is 8.59. The molecule has 1 amide bonds. The number of fused-ring (bicyclic) bond motifs is 1. The zero-order valence-electron chi connectivity index (χ0n) is 13.1. The fourth-order valence-electron chi connectivity index (χ4n) is 2.77. The van der Waals surface area contributed by atoms with Crippen LogP contribution in [0, 0.1) is 0 Å². The number of aryl methyl sites for hydroxylation is 1. The van der Waals surface area contributed by atoms with Crippen molar-refractivity contribution in [3.63, 3.8) is 0 Å². The Balaban J connectivity index is 2.26. The Kier molecular flexibility index (Phi) is 5.36. The second kappa shape index (κ2) is 7.11. The van der Waals surface area contributed by atoms with Gasteiger partial charge in [-0.3, -0.25) is 9.69 Å². The number of rotatable bonds is 4. The molecule has 0 aliphatic carbocycles. The van der Waals surface area contributed by atoms with Gasteiger partial charge in [0.05, 0.1) is 17.7 Å². The van der Waals surface area contributed by atoms with Crippen molar-refractivity contribution in [2.75, 3.05) is 11.5 Å². The number of carbonyl (C=O) groups excluding carboxylic acids is 1. The summed E-state index contributed by atoms with van der Waals surface area (Å²) < 4.78 is 43.5. The fraction of sp³-hybridized carbons (Fsp3) is 0.500. The molecule has 0 bridgehead atoms. The van der Waals surface area contributed by atoms with Crippen LogP contribution < -0.4 is 4.90 Å². The highest BCUT2D eigenvalue weighted by molar-refractivity contribution is 5.90. The molecule has 1 N–H and O–H groups in total. The lowest BCUT2D eigenvalue weighted by atomic mass is 9.93. The van der Waals surface area contributed by atoms with Crippen LogP contribution in [0.15, 0.2) is 18.2 Å². The number of hydrogen-bond donors (Lipinski definition) is 1. The molecule has 2 rings (SSSR count). The molecule has 1 aromatic carbocycles. The smallest absolute Gasteiger partial charge is 0.416 e. The van der Waals surface area contributed by atoms with Crippen molar-refractivity contribution in [2.45, 2.75) is 44.8 Å². The number of halogens is 3. The van der Waals surface area contributed by atoms with Gasteiger partial charge in [-0.25, -0.2) is 4.79 Å². The Hall–Kier alpha value is -2.25. The Labute approximate surface area is 137 Å². The minimum absolute atomic E-state index is 0.188. The number of carboxylic acid groups (broad SMARTS) is 1. The van der Waals surface area contributed by atoms with Crippen molar-refractivity contribution in [3.05, 3.63) is 29.3 Å². The molecule has 0 fully saturated rings. The Morgan fingerprint density at radius 2 is 2.08 bits per heavy atom. The van der Waals surface area contributed by atoms with Crippen molar-refractivity contribution in [1.82, 2.24) is 0 Å². The largest absolute Gasteiger partial charge is 0.481 e. The van der Waals surface area contributed by atoms with Crippen LogP contribution in [0.3, 0.4) is 0 Å². The number of anilines is 1. The number of hydrogen-bond acceptors (Lipinski definition) is 3. The van der Waals surface area contributed by atoms with E-state index in [9.17, 15) is 22.8 Å². The number of carboxylic acids is 1. The van der Waals surface area contributed by atoms with E-state index < -0.39 is 23.8 Å². The third-order valence-electron chi connectivity index (χ3n) is 3.99.